The van der Waals surface area contributed by atoms with Crippen molar-refractivity contribution in [1.29, 1.82) is 0 Å². The van der Waals surface area contributed by atoms with Gasteiger partial charge in [-0.2, -0.15) is 26.3 Å². The summed E-state index contributed by atoms with van der Waals surface area (Å²) in [7, 11) is 0. The number of hydrogen-bond acceptors (Lipinski definition) is 1. The molecule has 0 aliphatic heterocycles. The van der Waals surface area contributed by atoms with Crippen LogP contribution in [0.1, 0.15) is 11.1 Å². The van der Waals surface area contributed by atoms with Crippen LogP contribution in [0.2, 0.25) is 0 Å². The summed E-state index contributed by atoms with van der Waals surface area (Å²) in [5.41, 5.74) is -1.15. The predicted octanol–water partition coefficient (Wildman–Crippen LogP) is 6.94. The highest BCUT2D eigenvalue weighted by Crippen LogP contribution is 2.32. The third kappa shape index (κ3) is 5.76. The van der Waals surface area contributed by atoms with Crippen molar-refractivity contribution in [3.05, 3.63) is 90.0 Å². The van der Waals surface area contributed by atoms with E-state index >= 15 is 0 Å². The van der Waals surface area contributed by atoms with E-state index in [2.05, 4.69) is 15.6 Å². The summed E-state index contributed by atoms with van der Waals surface area (Å²) in [6.45, 7) is 0. The van der Waals surface area contributed by atoms with Crippen molar-refractivity contribution in [3.63, 3.8) is 0 Å². The first-order valence-corrected chi connectivity index (χ1v) is 8.63. The van der Waals surface area contributed by atoms with Gasteiger partial charge in [0.05, 0.1) is 16.8 Å². The maximum absolute atomic E-state index is 13.0. The Hall–Kier alpha value is -3.49. The highest BCUT2D eigenvalue weighted by atomic mass is 19.4. The van der Waals surface area contributed by atoms with Gasteiger partial charge in [-0.1, -0.05) is 30.3 Å². The Labute approximate surface area is 168 Å². The van der Waals surface area contributed by atoms with E-state index in [4.69, 9.17) is 0 Å². The second kappa shape index (κ2) is 8.48. The zero-order chi connectivity index (χ0) is 21.8. The zero-order valence-corrected chi connectivity index (χ0v) is 15.2. The molecule has 3 aromatic carbocycles. The van der Waals surface area contributed by atoms with Crippen molar-refractivity contribution >= 4 is 23.0 Å². The van der Waals surface area contributed by atoms with Crippen LogP contribution in [0.3, 0.4) is 0 Å². The van der Waals surface area contributed by atoms with Gasteiger partial charge in [0.25, 0.3) is 0 Å². The Morgan fingerprint density at radius 1 is 0.600 bits per heavy atom. The lowest BCUT2D eigenvalue weighted by Crippen LogP contribution is -2.22. The summed E-state index contributed by atoms with van der Waals surface area (Å²) in [5.74, 6) is -0.0418. The first-order chi connectivity index (χ1) is 14.1. The van der Waals surface area contributed by atoms with Crippen LogP contribution in [-0.2, 0) is 12.4 Å². The maximum atomic E-state index is 13.0. The molecule has 9 heteroatoms. The van der Waals surface area contributed by atoms with Crippen molar-refractivity contribution in [1.82, 2.24) is 0 Å². The van der Waals surface area contributed by atoms with Crippen LogP contribution in [0.15, 0.2) is 83.9 Å². The molecule has 0 saturated carbocycles. The number of rotatable bonds is 3. The van der Waals surface area contributed by atoms with Crippen molar-refractivity contribution in [2.24, 2.45) is 4.99 Å². The van der Waals surface area contributed by atoms with Gasteiger partial charge in [0, 0.05) is 11.4 Å². The molecule has 0 fully saturated rings. The molecular formula is C21H15F6N3. The first kappa shape index (κ1) is 21.2. The van der Waals surface area contributed by atoms with Crippen LogP contribution in [0, 0.1) is 0 Å². The molecule has 0 bridgehead atoms. The lowest BCUT2D eigenvalue weighted by molar-refractivity contribution is -0.138. The molecule has 0 heterocycles. The normalized spacial score (nSPS) is 11.7. The standard InChI is InChI=1S/C21H15F6N3/c22-20(23,24)14-6-4-10-17(12-14)29-19(28-16-8-2-1-3-9-16)30-18-11-5-7-15(13-18)21(25,26)27/h1-13H,(H2,28,29,30). The van der Waals surface area contributed by atoms with Gasteiger partial charge in [-0.05, 0) is 48.5 Å². The van der Waals surface area contributed by atoms with Gasteiger partial charge in [0.15, 0.2) is 0 Å². The third-order valence-electron chi connectivity index (χ3n) is 3.90. The number of benzene rings is 3. The largest absolute Gasteiger partial charge is 0.416 e. The maximum Gasteiger partial charge on any atom is 0.416 e. The fourth-order valence-corrected chi connectivity index (χ4v) is 2.54. The number of nitrogens with zero attached hydrogens (tertiary/aromatic N) is 1. The topological polar surface area (TPSA) is 36.4 Å². The highest BCUT2D eigenvalue weighted by molar-refractivity contribution is 6.04. The number of nitrogens with one attached hydrogen (secondary N) is 2. The van der Waals surface area contributed by atoms with Crippen molar-refractivity contribution in [3.8, 4) is 0 Å². The molecule has 3 aromatic rings. The molecule has 0 spiro atoms. The van der Waals surface area contributed by atoms with Crippen LogP contribution in [0.4, 0.5) is 43.4 Å². The monoisotopic (exact) mass is 423 g/mol. The molecule has 2 N–H and O–H groups in total. The summed E-state index contributed by atoms with van der Waals surface area (Å²) in [6, 6.07) is 17.2. The van der Waals surface area contributed by atoms with Crippen LogP contribution >= 0.6 is 0 Å². The lowest BCUT2D eigenvalue weighted by Gasteiger charge is -2.15. The molecule has 0 amide bonds. The fraction of sp³-hybridized carbons (Fsp3) is 0.0952. The van der Waals surface area contributed by atoms with E-state index < -0.39 is 23.5 Å². The summed E-state index contributed by atoms with van der Waals surface area (Å²) in [4.78, 5) is 4.26. The van der Waals surface area contributed by atoms with Gasteiger partial charge in [0.1, 0.15) is 0 Å². The van der Waals surface area contributed by atoms with E-state index in [1.54, 1.807) is 30.3 Å². The molecule has 0 radical (unpaired) electrons. The molecule has 156 valence electrons. The van der Waals surface area contributed by atoms with Gasteiger partial charge in [-0.25, -0.2) is 4.99 Å². The molecule has 0 aliphatic rings. The smallest absolute Gasteiger partial charge is 0.326 e. The van der Waals surface area contributed by atoms with E-state index in [0.29, 0.717) is 5.69 Å². The number of alkyl halides is 6. The minimum absolute atomic E-state index is 0.0418. The number of anilines is 2. The minimum Gasteiger partial charge on any atom is -0.326 e. The van der Waals surface area contributed by atoms with Gasteiger partial charge in [-0.3, -0.25) is 0 Å². The fourth-order valence-electron chi connectivity index (χ4n) is 2.54. The summed E-state index contributed by atoms with van der Waals surface area (Å²) in [5, 5.41) is 5.41. The van der Waals surface area contributed by atoms with E-state index in [0.717, 1.165) is 24.3 Å². The Bertz CT molecular complexity index is 965. The second-order valence-electron chi connectivity index (χ2n) is 6.20. The van der Waals surface area contributed by atoms with Crippen LogP contribution in [-0.4, -0.2) is 5.96 Å². The summed E-state index contributed by atoms with van der Waals surface area (Å²) < 4.78 is 77.8. The Kier molecular flexibility index (Phi) is 6.00. The highest BCUT2D eigenvalue weighted by Gasteiger charge is 2.31. The molecule has 0 unspecified atom stereocenters. The first-order valence-electron chi connectivity index (χ1n) is 8.63. The Morgan fingerprint density at radius 2 is 1.07 bits per heavy atom. The quantitative estimate of drug-likeness (QED) is 0.272. The van der Waals surface area contributed by atoms with E-state index in [1.807, 2.05) is 0 Å². The van der Waals surface area contributed by atoms with Gasteiger partial charge < -0.3 is 10.6 Å². The molecule has 3 rings (SSSR count). The van der Waals surface area contributed by atoms with Crippen LogP contribution in [0.25, 0.3) is 0 Å². The van der Waals surface area contributed by atoms with Crippen molar-refractivity contribution < 1.29 is 26.3 Å². The molecule has 30 heavy (non-hydrogen) atoms. The Balaban J connectivity index is 1.94. The molecule has 0 atom stereocenters. The molecule has 0 aliphatic carbocycles. The number of para-hydroxylation sites is 1. The van der Waals surface area contributed by atoms with Crippen LogP contribution < -0.4 is 10.6 Å². The molecule has 0 aromatic heterocycles. The average molecular weight is 423 g/mol. The molecular weight excluding hydrogens is 408 g/mol. The third-order valence-corrected chi connectivity index (χ3v) is 3.90. The number of guanidine groups is 1. The minimum atomic E-state index is -4.54. The summed E-state index contributed by atoms with van der Waals surface area (Å²) in [6.07, 6.45) is -9.08. The lowest BCUT2D eigenvalue weighted by atomic mass is 10.2. The zero-order valence-electron chi connectivity index (χ0n) is 15.2. The van der Waals surface area contributed by atoms with E-state index in [1.165, 1.54) is 24.3 Å². The van der Waals surface area contributed by atoms with Gasteiger partial charge in [0.2, 0.25) is 5.96 Å². The molecule has 3 nitrogen and oxygen atoms in total. The van der Waals surface area contributed by atoms with Crippen molar-refractivity contribution in [2.75, 3.05) is 10.6 Å². The molecule has 0 saturated heterocycles. The SMILES string of the molecule is FC(F)(F)c1cccc(NC(=Nc2ccccc2)Nc2cccc(C(F)(F)F)c2)c1. The van der Waals surface area contributed by atoms with Crippen LogP contribution in [0.5, 0.6) is 0 Å². The van der Waals surface area contributed by atoms with Gasteiger partial charge >= 0.3 is 12.4 Å². The van der Waals surface area contributed by atoms with Gasteiger partial charge in [-0.15, -0.1) is 0 Å². The number of aliphatic imine (C=N–C) groups is 1. The number of halogens is 6. The van der Waals surface area contributed by atoms with E-state index in [9.17, 15) is 26.3 Å². The second-order valence-corrected chi connectivity index (χ2v) is 6.20. The Morgan fingerprint density at radius 3 is 1.50 bits per heavy atom. The summed E-state index contributed by atoms with van der Waals surface area (Å²) >= 11 is 0. The van der Waals surface area contributed by atoms with Crippen molar-refractivity contribution in [2.45, 2.75) is 12.4 Å². The predicted molar refractivity (Wildman–Crippen MR) is 104 cm³/mol. The number of hydrogen-bond donors (Lipinski definition) is 2. The average Bonchev–Trinajstić information content (AvgIpc) is 2.68. The van der Waals surface area contributed by atoms with E-state index in [-0.39, 0.29) is 17.3 Å².